The number of rotatable bonds is 2. The fourth-order valence-electron chi connectivity index (χ4n) is 0.682. The van der Waals surface area contributed by atoms with E-state index in [1.54, 1.807) is 0 Å². The Hall–Kier alpha value is 1.64. The van der Waals surface area contributed by atoms with Gasteiger partial charge in [-0.15, -0.1) is 0 Å². The van der Waals surface area contributed by atoms with E-state index in [0.29, 0.717) is 5.92 Å². The Balaban J connectivity index is -0.0000000813. The van der Waals surface area contributed by atoms with Crippen molar-refractivity contribution in [2.24, 2.45) is 5.92 Å². The van der Waals surface area contributed by atoms with E-state index in [2.05, 4.69) is 37.5 Å². The average Bonchev–Trinajstić information content (AvgIpc) is 1.71. The van der Waals surface area contributed by atoms with Gasteiger partial charge in [-0.3, -0.25) is 0 Å². The summed E-state index contributed by atoms with van der Waals surface area (Å²) in [6.07, 6.45) is 0.792. The van der Waals surface area contributed by atoms with Gasteiger partial charge in [-0.2, -0.15) is 0 Å². The van der Waals surface area contributed by atoms with E-state index >= 15 is 0 Å². The summed E-state index contributed by atoms with van der Waals surface area (Å²) in [5.41, 5.74) is 0. The second-order valence-corrected chi connectivity index (χ2v) is 8.50. The third kappa shape index (κ3) is 153. The molecule has 7 N–H and O–H groups in total. The molecule has 1 unspecified atom stereocenters. The molecule has 110 valence electrons. The molecule has 7 nitrogen and oxygen atoms in total. The SMILES string of the molecule is CC(C)CC(C)O.OP(O)(O)=S.OP(O)(O)=S.[Zn]. The zero-order chi connectivity index (χ0) is 14.9. The third-order valence-corrected chi connectivity index (χ3v) is 0.813. The van der Waals surface area contributed by atoms with Crippen LogP contribution in [-0.2, 0) is 43.1 Å². The third-order valence-electron chi connectivity index (χ3n) is 0.813. The summed E-state index contributed by atoms with van der Waals surface area (Å²) < 4.78 is 0. The Morgan fingerprint density at radius 1 is 0.833 bits per heavy atom. The van der Waals surface area contributed by atoms with Crippen LogP contribution >= 0.6 is 13.4 Å². The normalized spacial score (nSPS) is 12.4. The van der Waals surface area contributed by atoms with Crippen LogP contribution in [-0.4, -0.2) is 40.6 Å². The van der Waals surface area contributed by atoms with E-state index in [1.165, 1.54) is 0 Å². The van der Waals surface area contributed by atoms with Crippen molar-refractivity contribution in [1.29, 1.82) is 0 Å². The first-order valence-electron chi connectivity index (χ1n) is 4.37. The Bertz CT molecular complexity index is 222. The van der Waals surface area contributed by atoms with Gasteiger partial charge in [0.1, 0.15) is 0 Å². The van der Waals surface area contributed by atoms with E-state index in [9.17, 15) is 0 Å². The van der Waals surface area contributed by atoms with Crippen LogP contribution in [0, 0.1) is 5.92 Å². The molecule has 0 aromatic carbocycles. The number of hydrogen-bond acceptors (Lipinski definition) is 3. The standard InChI is InChI=1S/C6H14O.2H3O3PS.Zn/c1-5(2)4-6(3)7;2*1-4(2,3)5;/h5-7H,4H2,1-3H3;2*(H3,1,2,3,5);. The summed E-state index contributed by atoms with van der Waals surface area (Å²) in [6, 6.07) is 0. The Labute approximate surface area is 130 Å². The Morgan fingerprint density at radius 2 is 1.00 bits per heavy atom. The molecule has 0 amide bonds. The number of aliphatic hydroxyl groups excluding tert-OH is 1. The predicted molar refractivity (Wildman–Crippen MR) is 73.0 cm³/mol. The molecule has 0 saturated heterocycles. The van der Waals surface area contributed by atoms with Crippen LogP contribution in [0.4, 0.5) is 0 Å². The van der Waals surface area contributed by atoms with Gasteiger partial charge in [0, 0.05) is 19.5 Å². The van der Waals surface area contributed by atoms with Gasteiger partial charge in [0.05, 0.1) is 6.10 Å². The zero-order valence-electron chi connectivity index (χ0n) is 10.4. The van der Waals surface area contributed by atoms with Crippen LogP contribution in [0.2, 0.25) is 0 Å². The van der Waals surface area contributed by atoms with E-state index in [0.717, 1.165) is 6.42 Å². The molecule has 0 bridgehead atoms. The second-order valence-electron chi connectivity index (χ2n) is 3.51. The minimum Gasteiger partial charge on any atom is -0.393 e. The zero-order valence-corrected chi connectivity index (χ0v) is 16.8. The number of hydrogen-bond donors (Lipinski definition) is 7. The maximum Gasteiger partial charge on any atom is 0.319 e. The monoisotopic (exact) mass is 394 g/mol. The second kappa shape index (κ2) is 13.6. The van der Waals surface area contributed by atoms with E-state index < -0.39 is 13.4 Å². The molecule has 0 aliphatic heterocycles. The van der Waals surface area contributed by atoms with Gasteiger partial charge in [-0.1, -0.05) is 13.8 Å². The summed E-state index contributed by atoms with van der Waals surface area (Å²) >= 11 is 7.21. The molecule has 0 saturated carbocycles. The predicted octanol–water partition coefficient (Wildman–Crippen LogP) is -0.214. The van der Waals surface area contributed by atoms with Gasteiger partial charge < -0.3 is 34.5 Å². The summed E-state index contributed by atoms with van der Waals surface area (Å²) in [6.45, 7) is -1.58. The molecule has 12 heteroatoms. The van der Waals surface area contributed by atoms with Gasteiger partial charge in [0.25, 0.3) is 0 Å². The quantitative estimate of drug-likeness (QED) is 0.250. The largest absolute Gasteiger partial charge is 0.393 e. The van der Waals surface area contributed by atoms with Crippen LogP contribution in [0.5, 0.6) is 0 Å². The van der Waals surface area contributed by atoms with Gasteiger partial charge in [-0.05, 0) is 42.9 Å². The fourth-order valence-corrected chi connectivity index (χ4v) is 0.682. The minimum atomic E-state index is -3.81. The molecule has 0 aromatic rings. The molecule has 0 aliphatic rings. The van der Waals surface area contributed by atoms with Gasteiger partial charge in [0.2, 0.25) is 0 Å². The van der Waals surface area contributed by atoms with Crippen molar-refractivity contribution in [3.8, 4) is 0 Å². The summed E-state index contributed by atoms with van der Waals surface area (Å²) in [5.74, 6) is 0.625. The van der Waals surface area contributed by atoms with Gasteiger partial charge >= 0.3 is 13.4 Å². The van der Waals surface area contributed by atoms with Crippen LogP contribution in [0.1, 0.15) is 27.2 Å². The van der Waals surface area contributed by atoms with Crippen molar-refractivity contribution in [1.82, 2.24) is 0 Å². The molecule has 0 rings (SSSR count). The smallest absolute Gasteiger partial charge is 0.319 e. The molecule has 0 fully saturated rings. The van der Waals surface area contributed by atoms with E-state index in [4.69, 9.17) is 34.5 Å². The molecule has 0 spiro atoms. The van der Waals surface area contributed by atoms with Crippen molar-refractivity contribution < 1.29 is 53.9 Å². The summed E-state index contributed by atoms with van der Waals surface area (Å²) in [4.78, 5) is 45.3. The fraction of sp³-hybridized carbons (Fsp3) is 1.00. The van der Waals surface area contributed by atoms with Crippen LogP contribution in [0.25, 0.3) is 0 Å². The molecule has 0 aromatic heterocycles. The summed E-state index contributed by atoms with van der Waals surface area (Å²) in [7, 11) is 0. The van der Waals surface area contributed by atoms with Crippen molar-refractivity contribution >= 4 is 37.1 Å². The van der Waals surface area contributed by atoms with Crippen molar-refractivity contribution in [3.05, 3.63) is 0 Å². The van der Waals surface area contributed by atoms with E-state index in [1.807, 2.05) is 6.92 Å². The topological polar surface area (TPSA) is 142 Å². The molecule has 0 aliphatic carbocycles. The Morgan fingerprint density at radius 3 is 1.00 bits per heavy atom. The van der Waals surface area contributed by atoms with Crippen molar-refractivity contribution in [3.63, 3.8) is 0 Å². The van der Waals surface area contributed by atoms with E-state index in [-0.39, 0.29) is 25.6 Å². The van der Waals surface area contributed by atoms with Gasteiger partial charge in [0.15, 0.2) is 0 Å². The van der Waals surface area contributed by atoms with Gasteiger partial charge in [-0.25, -0.2) is 0 Å². The Kier molecular flexibility index (Phi) is 21.1. The first-order chi connectivity index (χ1) is 7.13. The maximum atomic E-state index is 8.72. The van der Waals surface area contributed by atoms with Crippen LogP contribution in [0.3, 0.4) is 0 Å². The molecule has 18 heavy (non-hydrogen) atoms. The minimum absolute atomic E-state index is 0. The van der Waals surface area contributed by atoms with Crippen LogP contribution < -0.4 is 0 Å². The number of aliphatic hydroxyl groups is 1. The maximum absolute atomic E-state index is 8.72. The first-order valence-corrected chi connectivity index (χ1v) is 9.69. The molecular weight excluding hydrogens is 376 g/mol. The molecular formula is C6H20O7P2S2Zn. The van der Waals surface area contributed by atoms with Crippen molar-refractivity contribution in [2.75, 3.05) is 0 Å². The molecule has 0 radical (unpaired) electrons. The van der Waals surface area contributed by atoms with Crippen LogP contribution in [0.15, 0.2) is 0 Å². The molecule has 0 heterocycles. The van der Waals surface area contributed by atoms with Crippen molar-refractivity contribution in [2.45, 2.75) is 33.3 Å². The molecule has 1 atom stereocenters. The first kappa shape index (κ1) is 27.9. The average molecular weight is 396 g/mol. The summed E-state index contributed by atoms with van der Waals surface area (Å²) in [5, 5.41) is 8.72.